The molecule has 1 unspecified atom stereocenters. The number of para-hydroxylation sites is 2. The smallest absolute Gasteiger partial charge is 0.303 e. The van der Waals surface area contributed by atoms with E-state index in [0.29, 0.717) is 25.4 Å². The molecule has 0 bridgehead atoms. The van der Waals surface area contributed by atoms with Gasteiger partial charge in [0.2, 0.25) is 10.0 Å². The Kier molecular flexibility index (Phi) is 9.86. The second-order valence-electron chi connectivity index (χ2n) is 9.34. The molecule has 0 radical (unpaired) electrons. The molecule has 0 aromatic heterocycles. The van der Waals surface area contributed by atoms with E-state index in [0.717, 1.165) is 0 Å². The van der Waals surface area contributed by atoms with Crippen LogP contribution in [0.2, 0.25) is 0 Å². The Labute approximate surface area is 240 Å². The molecule has 1 N–H and O–H groups in total. The first-order valence-electron chi connectivity index (χ1n) is 12.9. The monoisotopic (exact) mass is 603 g/mol. The standard InChI is InChI=1S/C28H33N3O8S2/c1-22(32)39-24(20-30-16-18-31(19-17-30)41(35,36)26-14-12-23(37-2)13-15-26)21-38-28-11-7-6-10-27(28)29-40(33,34)25-8-4-3-5-9-25/h3-15,24,29H,16-21H2,1-2H3. The Hall–Kier alpha value is -3.65. The van der Waals surface area contributed by atoms with Gasteiger partial charge in [0, 0.05) is 39.6 Å². The molecule has 1 atom stereocenters. The summed E-state index contributed by atoms with van der Waals surface area (Å²) in [5, 5.41) is 0. The topological polar surface area (TPSA) is 132 Å². The summed E-state index contributed by atoms with van der Waals surface area (Å²) < 4.78 is 72.3. The maximum atomic E-state index is 13.1. The number of ether oxygens (including phenoxy) is 3. The van der Waals surface area contributed by atoms with Crippen molar-refractivity contribution >= 4 is 31.7 Å². The largest absolute Gasteiger partial charge is 0.497 e. The molecule has 3 aromatic rings. The number of esters is 1. The number of nitrogens with zero attached hydrogens (tertiary/aromatic N) is 2. The van der Waals surface area contributed by atoms with Crippen molar-refractivity contribution in [1.82, 2.24) is 9.21 Å². The highest BCUT2D eigenvalue weighted by Crippen LogP contribution is 2.27. The van der Waals surface area contributed by atoms with Crippen LogP contribution < -0.4 is 14.2 Å². The van der Waals surface area contributed by atoms with Crippen molar-refractivity contribution in [3.8, 4) is 11.5 Å². The van der Waals surface area contributed by atoms with Crippen LogP contribution in [0.4, 0.5) is 5.69 Å². The van der Waals surface area contributed by atoms with Gasteiger partial charge in [-0.3, -0.25) is 14.4 Å². The lowest BCUT2D eigenvalue weighted by molar-refractivity contribution is -0.149. The summed E-state index contributed by atoms with van der Waals surface area (Å²) in [6.07, 6.45) is -0.670. The number of rotatable bonds is 12. The minimum absolute atomic E-state index is 0.0337. The highest BCUT2D eigenvalue weighted by atomic mass is 32.2. The van der Waals surface area contributed by atoms with Gasteiger partial charge in [0.05, 0.1) is 22.6 Å². The number of hydrogen-bond donors (Lipinski definition) is 1. The fraction of sp³-hybridized carbons (Fsp3) is 0.321. The summed E-state index contributed by atoms with van der Waals surface area (Å²) in [6, 6.07) is 20.8. The van der Waals surface area contributed by atoms with Crippen LogP contribution >= 0.6 is 0 Å². The Bertz CT molecular complexity index is 1520. The van der Waals surface area contributed by atoms with Gasteiger partial charge in [0.25, 0.3) is 10.0 Å². The molecule has 220 valence electrons. The summed E-state index contributed by atoms with van der Waals surface area (Å²) in [7, 11) is -5.98. The number of nitrogens with one attached hydrogen (secondary N) is 1. The van der Waals surface area contributed by atoms with Gasteiger partial charge in [-0.15, -0.1) is 0 Å². The summed E-state index contributed by atoms with van der Waals surface area (Å²) >= 11 is 0. The van der Waals surface area contributed by atoms with Gasteiger partial charge in [-0.1, -0.05) is 30.3 Å². The molecule has 4 rings (SSSR count). The van der Waals surface area contributed by atoms with E-state index in [-0.39, 0.29) is 40.9 Å². The molecule has 1 fully saturated rings. The third-order valence-corrected chi connectivity index (χ3v) is 9.73. The molecule has 41 heavy (non-hydrogen) atoms. The third-order valence-electron chi connectivity index (χ3n) is 6.43. The zero-order valence-electron chi connectivity index (χ0n) is 22.8. The van der Waals surface area contributed by atoms with E-state index in [1.165, 1.54) is 42.6 Å². The van der Waals surface area contributed by atoms with E-state index < -0.39 is 32.1 Å². The number of piperazine rings is 1. The minimum Gasteiger partial charge on any atom is -0.497 e. The molecule has 1 aliphatic heterocycles. The second-order valence-corrected chi connectivity index (χ2v) is 13.0. The van der Waals surface area contributed by atoms with Crippen LogP contribution in [0.1, 0.15) is 6.92 Å². The Morgan fingerprint density at radius 2 is 1.49 bits per heavy atom. The van der Waals surface area contributed by atoms with Gasteiger partial charge in [0.1, 0.15) is 24.2 Å². The van der Waals surface area contributed by atoms with E-state index in [4.69, 9.17) is 14.2 Å². The fourth-order valence-electron chi connectivity index (χ4n) is 4.36. The number of sulfonamides is 2. The number of anilines is 1. The predicted molar refractivity (Wildman–Crippen MR) is 153 cm³/mol. The molecule has 0 amide bonds. The zero-order chi connectivity index (χ0) is 29.5. The van der Waals surface area contributed by atoms with Crippen LogP contribution in [-0.2, 0) is 29.6 Å². The van der Waals surface area contributed by atoms with Crippen molar-refractivity contribution in [2.24, 2.45) is 0 Å². The number of carbonyl (C=O) groups is 1. The molecule has 0 spiro atoms. The van der Waals surface area contributed by atoms with Crippen LogP contribution in [0.3, 0.4) is 0 Å². The molecule has 1 saturated heterocycles. The van der Waals surface area contributed by atoms with Gasteiger partial charge in [-0.25, -0.2) is 16.8 Å². The van der Waals surface area contributed by atoms with Crippen LogP contribution in [-0.4, -0.2) is 84.6 Å². The average Bonchev–Trinajstić information content (AvgIpc) is 2.97. The highest BCUT2D eigenvalue weighted by molar-refractivity contribution is 7.92. The highest BCUT2D eigenvalue weighted by Gasteiger charge is 2.30. The van der Waals surface area contributed by atoms with Gasteiger partial charge in [0.15, 0.2) is 0 Å². The molecule has 1 aliphatic rings. The molecule has 0 aliphatic carbocycles. The lowest BCUT2D eigenvalue weighted by atomic mass is 10.2. The van der Waals surface area contributed by atoms with E-state index >= 15 is 0 Å². The van der Waals surface area contributed by atoms with Crippen molar-refractivity contribution in [3.63, 3.8) is 0 Å². The first-order chi connectivity index (χ1) is 19.6. The quantitative estimate of drug-likeness (QED) is 0.311. The molecule has 11 nitrogen and oxygen atoms in total. The SMILES string of the molecule is COc1ccc(S(=O)(=O)N2CCN(CC(COc3ccccc3NS(=O)(=O)c3ccccc3)OC(C)=O)CC2)cc1. The number of methoxy groups -OCH3 is 1. The minimum atomic E-state index is -3.84. The predicted octanol–water partition coefficient (Wildman–Crippen LogP) is 2.81. The summed E-state index contributed by atoms with van der Waals surface area (Å²) in [6.45, 7) is 2.98. The van der Waals surface area contributed by atoms with Crippen LogP contribution in [0.25, 0.3) is 0 Å². The summed E-state index contributed by atoms with van der Waals surface area (Å²) in [5.74, 6) is 0.362. The van der Waals surface area contributed by atoms with Crippen LogP contribution in [0.15, 0.2) is 88.7 Å². The van der Waals surface area contributed by atoms with Crippen molar-refractivity contribution < 1.29 is 35.8 Å². The molecule has 0 saturated carbocycles. The first-order valence-corrected chi connectivity index (χ1v) is 15.8. The van der Waals surface area contributed by atoms with Crippen molar-refractivity contribution in [3.05, 3.63) is 78.9 Å². The Balaban J connectivity index is 1.37. The second kappa shape index (κ2) is 13.3. The number of benzene rings is 3. The summed E-state index contributed by atoms with van der Waals surface area (Å²) in [4.78, 5) is 14.1. The van der Waals surface area contributed by atoms with E-state index in [9.17, 15) is 21.6 Å². The lowest BCUT2D eigenvalue weighted by Crippen LogP contribution is -2.51. The molecule has 1 heterocycles. The van der Waals surface area contributed by atoms with Crippen molar-refractivity contribution in [1.29, 1.82) is 0 Å². The van der Waals surface area contributed by atoms with Gasteiger partial charge in [-0.05, 0) is 48.5 Å². The summed E-state index contributed by atoms with van der Waals surface area (Å²) in [5.41, 5.74) is 0.246. The normalized spacial score (nSPS) is 15.6. The van der Waals surface area contributed by atoms with Gasteiger partial charge >= 0.3 is 5.97 Å². The van der Waals surface area contributed by atoms with Crippen LogP contribution in [0.5, 0.6) is 11.5 Å². The van der Waals surface area contributed by atoms with Gasteiger partial charge in [-0.2, -0.15) is 4.31 Å². The molecular weight excluding hydrogens is 570 g/mol. The Morgan fingerprint density at radius 1 is 0.854 bits per heavy atom. The van der Waals surface area contributed by atoms with Crippen molar-refractivity contribution in [2.45, 2.75) is 22.8 Å². The third kappa shape index (κ3) is 7.97. The van der Waals surface area contributed by atoms with E-state index in [1.54, 1.807) is 54.6 Å². The maximum Gasteiger partial charge on any atom is 0.303 e. The fourth-order valence-corrected chi connectivity index (χ4v) is 6.87. The van der Waals surface area contributed by atoms with Crippen LogP contribution in [0, 0.1) is 0 Å². The average molecular weight is 604 g/mol. The Morgan fingerprint density at radius 3 is 2.12 bits per heavy atom. The first kappa shape index (κ1) is 30.3. The number of hydrogen-bond acceptors (Lipinski definition) is 9. The van der Waals surface area contributed by atoms with E-state index in [2.05, 4.69) is 4.72 Å². The molecular formula is C28H33N3O8S2. The zero-order valence-corrected chi connectivity index (χ0v) is 24.4. The van der Waals surface area contributed by atoms with E-state index in [1.807, 2.05) is 4.90 Å². The number of carbonyl (C=O) groups excluding carboxylic acids is 1. The van der Waals surface area contributed by atoms with Gasteiger partial charge < -0.3 is 14.2 Å². The van der Waals surface area contributed by atoms with Crippen molar-refractivity contribution in [2.75, 3.05) is 51.2 Å². The maximum absolute atomic E-state index is 13.1. The lowest BCUT2D eigenvalue weighted by Gasteiger charge is -2.35. The molecule has 13 heteroatoms. The molecule has 3 aromatic carbocycles.